The van der Waals surface area contributed by atoms with E-state index in [-0.39, 0.29) is 17.5 Å². The van der Waals surface area contributed by atoms with Crippen LogP contribution in [0, 0.1) is 0 Å². The number of nitrogens with zero attached hydrogens (tertiary/aromatic N) is 1. The molecule has 2 aromatic rings. The molecule has 2 amide bonds. The number of rotatable bonds is 5. The van der Waals surface area contributed by atoms with Gasteiger partial charge in [0, 0.05) is 24.4 Å². The predicted molar refractivity (Wildman–Crippen MR) is 86.5 cm³/mol. The Labute approximate surface area is 131 Å². The maximum atomic E-state index is 12.1. The molecule has 0 saturated heterocycles. The maximum Gasteiger partial charge on any atom is 0.315 e. The van der Waals surface area contributed by atoms with Gasteiger partial charge in [-0.2, -0.15) is 0 Å². The van der Waals surface area contributed by atoms with Gasteiger partial charge in [-0.3, -0.25) is 4.98 Å². The molecule has 1 aromatic heterocycles. The number of carbonyl (C=O) groups is 1. The van der Waals surface area contributed by atoms with E-state index in [0.29, 0.717) is 6.54 Å². The van der Waals surface area contributed by atoms with Crippen molar-refractivity contribution in [3.63, 3.8) is 0 Å². The van der Waals surface area contributed by atoms with Crippen molar-refractivity contribution in [2.24, 2.45) is 0 Å². The summed E-state index contributed by atoms with van der Waals surface area (Å²) in [7, 11) is 0. The molecule has 1 aliphatic rings. The van der Waals surface area contributed by atoms with Crippen molar-refractivity contribution in [1.29, 1.82) is 0 Å². The van der Waals surface area contributed by atoms with Crippen LogP contribution in [0.2, 0.25) is 0 Å². The Bertz CT molecular complexity index is 623. The standard InChI is InChI=1S/C18H21N3O/c1-14(15-7-11-19-12-8-15)21-17(22)20-13-18(9-10-18)16-5-3-2-4-6-16/h2-8,11-12,14H,9-10,13H2,1H3,(H2,20,21,22)/t14-/m1/s1. The summed E-state index contributed by atoms with van der Waals surface area (Å²) in [5, 5.41) is 5.99. The van der Waals surface area contributed by atoms with Crippen molar-refractivity contribution < 1.29 is 4.79 Å². The first-order valence-corrected chi connectivity index (χ1v) is 7.69. The van der Waals surface area contributed by atoms with Gasteiger partial charge >= 0.3 is 6.03 Å². The van der Waals surface area contributed by atoms with Gasteiger partial charge in [-0.1, -0.05) is 30.3 Å². The van der Waals surface area contributed by atoms with Crippen LogP contribution in [0.5, 0.6) is 0 Å². The Kier molecular flexibility index (Phi) is 4.09. The molecule has 114 valence electrons. The molecule has 0 aliphatic heterocycles. The quantitative estimate of drug-likeness (QED) is 0.890. The van der Waals surface area contributed by atoms with E-state index >= 15 is 0 Å². The fraction of sp³-hybridized carbons (Fsp3) is 0.333. The van der Waals surface area contributed by atoms with E-state index in [0.717, 1.165) is 18.4 Å². The van der Waals surface area contributed by atoms with E-state index in [1.807, 2.05) is 25.1 Å². The lowest BCUT2D eigenvalue weighted by Gasteiger charge is -2.19. The first-order valence-electron chi connectivity index (χ1n) is 7.69. The highest BCUT2D eigenvalue weighted by molar-refractivity contribution is 5.74. The van der Waals surface area contributed by atoms with Crippen LogP contribution in [0.15, 0.2) is 54.9 Å². The number of aromatic nitrogens is 1. The zero-order chi connectivity index (χ0) is 15.4. The minimum absolute atomic E-state index is 0.0325. The van der Waals surface area contributed by atoms with E-state index < -0.39 is 0 Å². The molecule has 0 bridgehead atoms. The third kappa shape index (κ3) is 3.27. The van der Waals surface area contributed by atoms with Crippen LogP contribution in [-0.2, 0) is 5.41 Å². The van der Waals surface area contributed by atoms with Crippen LogP contribution in [0.4, 0.5) is 4.79 Å². The molecular weight excluding hydrogens is 274 g/mol. The lowest BCUT2D eigenvalue weighted by molar-refractivity contribution is 0.237. The molecule has 1 aromatic carbocycles. The summed E-state index contributed by atoms with van der Waals surface area (Å²) in [4.78, 5) is 16.1. The molecule has 0 unspecified atom stereocenters. The molecule has 4 heteroatoms. The number of pyridine rings is 1. The van der Waals surface area contributed by atoms with Crippen LogP contribution in [0.3, 0.4) is 0 Å². The van der Waals surface area contributed by atoms with Crippen LogP contribution in [0.25, 0.3) is 0 Å². The summed E-state index contributed by atoms with van der Waals surface area (Å²) < 4.78 is 0. The minimum atomic E-state index is -0.119. The largest absolute Gasteiger partial charge is 0.337 e. The van der Waals surface area contributed by atoms with Crippen LogP contribution in [0.1, 0.15) is 36.9 Å². The smallest absolute Gasteiger partial charge is 0.315 e. The molecule has 0 spiro atoms. The van der Waals surface area contributed by atoms with E-state index in [1.54, 1.807) is 12.4 Å². The molecule has 1 fully saturated rings. The summed E-state index contributed by atoms with van der Waals surface area (Å²) >= 11 is 0. The summed E-state index contributed by atoms with van der Waals surface area (Å²) in [5.41, 5.74) is 2.50. The molecule has 1 saturated carbocycles. The molecule has 1 aliphatic carbocycles. The third-order valence-corrected chi connectivity index (χ3v) is 4.38. The van der Waals surface area contributed by atoms with Gasteiger partial charge in [0.25, 0.3) is 0 Å². The van der Waals surface area contributed by atoms with Gasteiger partial charge in [-0.25, -0.2) is 4.79 Å². The maximum absolute atomic E-state index is 12.1. The second-order valence-corrected chi connectivity index (χ2v) is 5.98. The predicted octanol–water partition coefficient (Wildman–Crippen LogP) is 3.17. The first kappa shape index (κ1) is 14.6. The van der Waals surface area contributed by atoms with Gasteiger partial charge in [0.15, 0.2) is 0 Å². The molecule has 1 atom stereocenters. The summed E-state index contributed by atoms with van der Waals surface area (Å²) in [6.07, 6.45) is 5.74. The van der Waals surface area contributed by atoms with Gasteiger partial charge in [0.1, 0.15) is 0 Å². The second kappa shape index (κ2) is 6.18. The highest BCUT2D eigenvalue weighted by Crippen LogP contribution is 2.47. The highest BCUT2D eigenvalue weighted by atomic mass is 16.2. The van der Waals surface area contributed by atoms with Crippen molar-refractivity contribution in [2.45, 2.75) is 31.2 Å². The van der Waals surface area contributed by atoms with E-state index in [2.05, 4.69) is 39.9 Å². The monoisotopic (exact) mass is 295 g/mol. The highest BCUT2D eigenvalue weighted by Gasteiger charge is 2.44. The minimum Gasteiger partial charge on any atom is -0.337 e. The third-order valence-electron chi connectivity index (χ3n) is 4.38. The normalized spacial score (nSPS) is 16.6. The summed E-state index contributed by atoms with van der Waals surface area (Å²) in [6, 6.07) is 14.1. The number of benzene rings is 1. The molecule has 1 heterocycles. The number of hydrogen-bond donors (Lipinski definition) is 2. The molecule has 0 radical (unpaired) electrons. The van der Waals surface area contributed by atoms with Gasteiger partial charge < -0.3 is 10.6 Å². The van der Waals surface area contributed by atoms with Crippen molar-refractivity contribution in [2.75, 3.05) is 6.54 Å². The molecule has 4 nitrogen and oxygen atoms in total. The zero-order valence-electron chi connectivity index (χ0n) is 12.8. The van der Waals surface area contributed by atoms with Crippen LogP contribution >= 0.6 is 0 Å². The topological polar surface area (TPSA) is 54.0 Å². The Balaban J connectivity index is 1.53. The zero-order valence-corrected chi connectivity index (χ0v) is 12.8. The van der Waals surface area contributed by atoms with Crippen LogP contribution in [-0.4, -0.2) is 17.6 Å². The van der Waals surface area contributed by atoms with E-state index in [4.69, 9.17) is 0 Å². The molecule has 2 N–H and O–H groups in total. The lowest BCUT2D eigenvalue weighted by atomic mass is 9.96. The van der Waals surface area contributed by atoms with E-state index in [1.165, 1.54) is 5.56 Å². The lowest BCUT2D eigenvalue weighted by Crippen LogP contribution is -2.40. The Hall–Kier alpha value is -2.36. The number of carbonyl (C=O) groups excluding carboxylic acids is 1. The van der Waals surface area contributed by atoms with Gasteiger partial charge in [-0.05, 0) is 43.0 Å². The first-order chi connectivity index (χ1) is 10.7. The fourth-order valence-electron chi connectivity index (χ4n) is 2.74. The number of urea groups is 1. The summed E-state index contributed by atoms with van der Waals surface area (Å²) in [6.45, 7) is 2.66. The van der Waals surface area contributed by atoms with Crippen molar-refractivity contribution in [3.8, 4) is 0 Å². The van der Waals surface area contributed by atoms with E-state index in [9.17, 15) is 4.79 Å². The number of amides is 2. The van der Waals surface area contributed by atoms with Crippen molar-refractivity contribution in [1.82, 2.24) is 15.6 Å². The Morgan fingerprint density at radius 3 is 2.50 bits per heavy atom. The molecule has 3 rings (SSSR count). The number of nitrogens with one attached hydrogen (secondary N) is 2. The average Bonchev–Trinajstić information content (AvgIpc) is 3.36. The fourth-order valence-corrected chi connectivity index (χ4v) is 2.74. The van der Waals surface area contributed by atoms with Gasteiger partial charge in [0.05, 0.1) is 6.04 Å². The average molecular weight is 295 g/mol. The molecule has 22 heavy (non-hydrogen) atoms. The Morgan fingerprint density at radius 1 is 1.18 bits per heavy atom. The van der Waals surface area contributed by atoms with Crippen molar-refractivity contribution >= 4 is 6.03 Å². The van der Waals surface area contributed by atoms with Crippen molar-refractivity contribution in [3.05, 3.63) is 66.0 Å². The number of hydrogen-bond acceptors (Lipinski definition) is 2. The van der Waals surface area contributed by atoms with Gasteiger partial charge in [-0.15, -0.1) is 0 Å². The molecular formula is C18H21N3O. The SMILES string of the molecule is C[C@@H](NC(=O)NCC1(c2ccccc2)CC1)c1ccncc1. The Morgan fingerprint density at radius 2 is 1.86 bits per heavy atom. The van der Waals surface area contributed by atoms with Crippen LogP contribution < -0.4 is 10.6 Å². The van der Waals surface area contributed by atoms with Gasteiger partial charge in [0.2, 0.25) is 0 Å². The second-order valence-electron chi connectivity index (χ2n) is 5.98. The summed E-state index contributed by atoms with van der Waals surface area (Å²) in [5.74, 6) is 0.